The van der Waals surface area contributed by atoms with Gasteiger partial charge in [0, 0.05) is 17.2 Å². The van der Waals surface area contributed by atoms with Crippen molar-refractivity contribution in [1.82, 2.24) is 0 Å². The number of hydrogen-bond donors (Lipinski definition) is 2. The highest BCUT2D eigenvalue weighted by Gasteiger charge is 2.14. The Morgan fingerprint density at radius 1 is 0.810 bits per heavy atom. The molecule has 110 valence electrons. The average Bonchev–Trinajstić information content (AvgIpc) is 2.41. The number of hydrogen-bond acceptors (Lipinski definition) is 4. The minimum absolute atomic E-state index is 0.00289. The number of benzene rings is 2. The monoisotopic (exact) mass is 366 g/mol. The number of azo groups is 1. The molecule has 0 radical (unpaired) electrons. The smallest absolute Gasteiger partial charge is 0.248 e. The predicted octanol–water partition coefficient (Wildman–Crippen LogP) is 5.64. The summed E-state index contributed by atoms with van der Waals surface area (Å²) in [5.41, 5.74) is 0.126. The minimum Gasteiger partial charge on any atom is -0.594 e. The van der Waals surface area contributed by atoms with Gasteiger partial charge in [-0.05, 0) is 12.1 Å². The zero-order chi connectivity index (χ0) is 15.7. The van der Waals surface area contributed by atoms with Gasteiger partial charge in [-0.2, -0.15) is 0 Å². The van der Waals surface area contributed by atoms with Gasteiger partial charge in [0.2, 0.25) is 5.69 Å². The van der Waals surface area contributed by atoms with Crippen LogP contribution in [0.4, 0.5) is 11.4 Å². The molecule has 0 spiro atoms. The van der Waals surface area contributed by atoms with Crippen LogP contribution in [-0.2, 0) is 0 Å². The third kappa shape index (κ3) is 3.44. The molecule has 2 rings (SSSR count). The van der Waals surface area contributed by atoms with E-state index in [9.17, 15) is 15.4 Å². The maximum Gasteiger partial charge on any atom is 0.248 e. The van der Waals surface area contributed by atoms with Gasteiger partial charge in [0.05, 0.1) is 20.1 Å². The van der Waals surface area contributed by atoms with Gasteiger partial charge in [0.25, 0.3) is 0 Å². The van der Waals surface area contributed by atoms with Crippen molar-refractivity contribution in [2.24, 2.45) is 5.11 Å². The van der Waals surface area contributed by atoms with Crippen molar-refractivity contribution >= 4 is 57.8 Å². The van der Waals surface area contributed by atoms with Crippen molar-refractivity contribution in [3.63, 3.8) is 0 Å². The van der Waals surface area contributed by atoms with Crippen LogP contribution in [0.15, 0.2) is 29.4 Å². The first-order valence-electron chi connectivity index (χ1n) is 5.34. The summed E-state index contributed by atoms with van der Waals surface area (Å²) in [5.74, 6) is -0.628. The molecule has 0 amide bonds. The summed E-state index contributed by atoms with van der Waals surface area (Å²) in [6, 6.07) is 4.92. The van der Waals surface area contributed by atoms with Crippen molar-refractivity contribution in [3.05, 3.63) is 49.6 Å². The van der Waals surface area contributed by atoms with Crippen molar-refractivity contribution in [2.45, 2.75) is 0 Å². The van der Waals surface area contributed by atoms with Crippen molar-refractivity contribution in [3.8, 4) is 11.5 Å². The molecular weight excluding hydrogens is 362 g/mol. The van der Waals surface area contributed by atoms with Crippen molar-refractivity contribution in [1.29, 1.82) is 0 Å². The number of phenolic OH excluding ortho intramolecular Hbond substituents is 2. The lowest BCUT2D eigenvalue weighted by molar-refractivity contribution is -0.435. The molecule has 0 fully saturated rings. The van der Waals surface area contributed by atoms with Gasteiger partial charge in [-0.1, -0.05) is 51.3 Å². The summed E-state index contributed by atoms with van der Waals surface area (Å²) in [4.78, 5) is 0.232. The van der Waals surface area contributed by atoms with E-state index in [1.807, 2.05) is 0 Å². The normalized spacial score (nSPS) is 11.7. The maximum atomic E-state index is 11.9. The second-order valence-electron chi connectivity index (χ2n) is 3.89. The van der Waals surface area contributed by atoms with E-state index in [2.05, 4.69) is 5.11 Å². The van der Waals surface area contributed by atoms with E-state index in [0.717, 1.165) is 0 Å². The third-order valence-electron chi connectivity index (χ3n) is 2.43. The Morgan fingerprint density at radius 3 is 1.62 bits per heavy atom. The summed E-state index contributed by atoms with van der Waals surface area (Å²) in [5, 5.41) is 34.2. The topological polar surface area (TPSA) is 78.9 Å². The molecule has 0 atom stereocenters. The van der Waals surface area contributed by atoms with Crippen LogP contribution >= 0.6 is 46.4 Å². The Labute approximate surface area is 139 Å². The molecule has 0 saturated heterocycles. The first-order chi connectivity index (χ1) is 9.79. The lowest BCUT2D eigenvalue weighted by atomic mass is 10.3. The van der Waals surface area contributed by atoms with Gasteiger partial charge in [0.1, 0.15) is 5.69 Å². The molecule has 0 aromatic heterocycles. The number of nitrogens with zero attached hydrogens (tertiary/aromatic N) is 2. The highest BCUT2D eigenvalue weighted by atomic mass is 35.5. The Kier molecular flexibility index (Phi) is 4.68. The van der Waals surface area contributed by atoms with Crippen LogP contribution in [-0.4, -0.2) is 15.1 Å². The SMILES string of the molecule is [O-][N+](=Nc1cc(Cl)c(O)c(Cl)c1)c1cc(Cl)c(O)c(Cl)c1. The number of phenols is 2. The van der Waals surface area contributed by atoms with E-state index in [-0.39, 0.29) is 47.8 Å². The maximum absolute atomic E-state index is 11.9. The number of rotatable bonds is 2. The van der Waals surface area contributed by atoms with E-state index < -0.39 is 0 Å². The van der Waals surface area contributed by atoms with E-state index in [1.54, 1.807) is 0 Å². The van der Waals surface area contributed by atoms with Crippen LogP contribution in [0, 0.1) is 5.21 Å². The fraction of sp³-hybridized carbons (Fsp3) is 0. The molecule has 0 heterocycles. The molecule has 0 aliphatic carbocycles. The van der Waals surface area contributed by atoms with E-state index in [1.165, 1.54) is 24.3 Å². The van der Waals surface area contributed by atoms with Crippen LogP contribution in [0.25, 0.3) is 0 Å². The zero-order valence-corrected chi connectivity index (χ0v) is 13.0. The molecule has 9 heteroatoms. The van der Waals surface area contributed by atoms with Gasteiger partial charge in [0.15, 0.2) is 11.5 Å². The standard InChI is InChI=1S/C12H6Cl4N2O3/c13-7-1-5(2-8(14)11(7)19)17-18(21)6-3-9(15)12(20)10(16)4-6/h1-4,19-20H. The molecule has 2 N–H and O–H groups in total. The fourth-order valence-corrected chi connectivity index (χ4v) is 2.39. The van der Waals surface area contributed by atoms with Crippen molar-refractivity contribution in [2.75, 3.05) is 0 Å². The lowest BCUT2D eigenvalue weighted by Gasteiger charge is -2.04. The predicted molar refractivity (Wildman–Crippen MR) is 81.6 cm³/mol. The first kappa shape index (κ1) is 16.0. The molecule has 2 aromatic rings. The Hall–Kier alpha value is -1.40. The van der Waals surface area contributed by atoms with Crippen LogP contribution < -0.4 is 0 Å². The molecule has 2 aromatic carbocycles. The van der Waals surface area contributed by atoms with Crippen LogP contribution in [0.3, 0.4) is 0 Å². The largest absolute Gasteiger partial charge is 0.594 e. The number of aromatic hydroxyl groups is 2. The van der Waals surface area contributed by atoms with E-state index >= 15 is 0 Å². The Bertz CT molecular complexity index is 703. The van der Waals surface area contributed by atoms with Gasteiger partial charge in [-0.3, -0.25) is 0 Å². The lowest BCUT2D eigenvalue weighted by Crippen LogP contribution is -1.91. The summed E-state index contributed by atoms with van der Waals surface area (Å²) in [7, 11) is 0. The molecule has 0 bridgehead atoms. The summed E-state index contributed by atoms with van der Waals surface area (Å²) < 4.78 is 0. The summed E-state index contributed by atoms with van der Waals surface area (Å²) >= 11 is 22.9. The second kappa shape index (κ2) is 6.15. The fourth-order valence-electron chi connectivity index (χ4n) is 1.44. The Balaban J connectivity index is 2.46. The first-order valence-corrected chi connectivity index (χ1v) is 6.85. The molecule has 5 nitrogen and oxygen atoms in total. The third-order valence-corrected chi connectivity index (χ3v) is 3.58. The molecule has 21 heavy (non-hydrogen) atoms. The van der Waals surface area contributed by atoms with E-state index in [0.29, 0.717) is 0 Å². The van der Waals surface area contributed by atoms with Gasteiger partial charge < -0.3 is 15.4 Å². The molecule has 0 aliphatic rings. The molecule has 0 aliphatic heterocycles. The van der Waals surface area contributed by atoms with E-state index in [4.69, 9.17) is 46.4 Å². The molecule has 0 saturated carbocycles. The zero-order valence-electron chi connectivity index (χ0n) is 10.0. The summed E-state index contributed by atoms with van der Waals surface area (Å²) in [6.07, 6.45) is 0. The highest BCUT2D eigenvalue weighted by molar-refractivity contribution is 6.38. The quantitative estimate of drug-likeness (QED) is 0.409. The van der Waals surface area contributed by atoms with Gasteiger partial charge in [-0.15, -0.1) is 0 Å². The minimum atomic E-state index is -0.328. The summed E-state index contributed by atoms with van der Waals surface area (Å²) in [6.45, 7) is 0. The Morgan fingerprint density at radius 2 is 1.19 bits per heavy atom. The van der Waals surface area contributed by atoms with Crippen molar-refractivity contribution < 1.29 is 15.1 Å². The van der Waals surface area contributed by atoms with Crippen LogP contribution in [0.1, 0.15) is 0 Å². The highest BCUT2D eigenvalue weighted by Crippen LogP contribution is 2.38. The molecule has 0 unspecified atom stereocenters. The van der Waals surface area contributed by atoms with Gasteiger partial charge >= 0.3 is 0 Å². The van der Waals surface area contributed by atoms with Gasteiger partial charge in [-0.25, -0.2) is 0 Å². The van der Waals surface area contributed by atoms with Crippen LogP contribution in [0.5, 0.6) is 11.5 Å². The average molecular weight is 368 g/mol. The van der Waals surface area contributed by atoms with Crippen LogP contribution in [0.2, 0.25) is 20.1 Å². The number of halogens is 4. The second-order valence-corrected chi connectivity index (χ2v) is 5.52. The molecular formula is C12H6Cl4N2O3.